The van der Waals surface area contributed by atoms with Crippen LogP contribution >= 0.6 is 0 Å². The van der Waals surface area contributed by atoms with Crippen molar-refractivity contribution in [2.75, 3.05) is 26.8 Å². The quantitative estimate of drug-likeness (QED) is 0.689. The molecule has 0 aromatic heterocycles. The molecule has 8 heteroatoms. The second-order valence-corrected chi connectivity index (χ2v) is 8.77. The maximum atomic E-state index is 13.0. The summed E-state index contributed by atoms with van der Waals surface area (Å²) in [6, 6.07) is 11.8. The van der Waals surface area contributed by atoms with Crippen molar-refractivity contribution in [3.63, 3.8) is 0 Å². The van der Waals surface area contributed by atoms with E-state index in [-0.39, 0.29) is 17.4 Å². The highest BCUT2D eigenvalue weighted by molar-refractivity contribution is 7.92. The Labute approximate surface area is 163 Å². The molecule has 2 aromatic carbocycles. The maximum absolute atomic E-state index is 13.0. The van der Waals surface area contributed by atoms with Crippen molar-refractivity contribution in [1.29, 1.82) is 0 Å². The highest BCUT2D eigenvalue weighted by atomic mass is 32.2. The Balaban J connectivity index is 1.54. The van der Waals surface area contributed by atoms with Crippen LogP contribution in [-0.4, -0.2) is 51.3 Å². The molecule has 3 rings (SSSR count). The van der Waals surface area contributed by atoms with Gasteiger partial charge in [-0.15, -0.1) is 0 Å². The Morgan fingerprint density at radius 1 is 1.11 bits per heavy atom. The standard InChI is InChI=1S/C20H22FNO5S/c1-26-16-3-2-4-17(13-16)27-14-20(23)22-11-9-19(10-12-22)28(24,25)18-7-5-15(21)6-8-18/h2-8,13,19H,9-12,14H2,1H3. The maximum Gasteiger partial charge on any atom is 0.260 e. The normalized spacial score (nSPS) is 15.3. The molecule has 2 aromatic rings. The summed E-state index contributed by atoms with van der Waals surface area (Å²) in [7, 11) is -1.99. The number of piperidine rings is 1. The van der Waals surface area contributed by atoms with Gasteiger partial charge < -0.3 is 14.4 Å². The molecule has 0 unspecified atom stereocenters. The number of hydrogen-bond donors (Lipinski definition) is 0. The average molecular weight is 407 g/mol. The monoisotopic (exact) mass is 407 g/mol. The summed E-state index contributed by atoms with van der Waals surface area (Å²) < 4.78 is 49.0. The van der Waals surface area contributed by atoms with Gasteiger partial charge in [0.25, 0.3) is 5.91 Å². The number of carbonyl (C=O) groups excluding carboxylic acids is 1. The van der Waals surface area contributed by atoms with Crippen molar-refractivity contribution in [2.24, 2.45) is 0 Å². The van der Waals surface area contributed by atoms with E-state index in [0.717, 1.165) is 12.1 Å². The van der Waals surface area contributed by atoms with E-state index in [1.807, 2.05) is 0 Å². The van der Waals surface area contributed by atoms with Crippen LogP contribution in [0.4, 0.5) is 4.39 Å². The molecule has 0 spiro atoms. The molecule has 0 bridgehead atoms. The van der Waals surface area contributed by atoms with E-state index >= 15 is 0 Å². The molecule has 1 saturated heterocycles. The number of methoxy groups -OCH3 is 1. The number of hydrogen-bond acceptors (Lipinski definition) is 5. The zero-order chi connectivity index (χ0) is 20.1. The molecule has 1 aliphatic rings. The van der Waals surface area contributed by atoms with Crippen molar-refractivity contribution >= 4 is 15.7 Å². The molecule has 1 heterocycles. The van der Waals surface area contributed by atoms with E-state index in [0.29, 0.717) is 37.4 Å². The van der Waals surface area contributed by atoms with Gasteiger partial charge in [0.15, 0.2) is 16.4 Å². The van der Waals surface area contributed by atoms with Gasteiger partial charge in [-0.2, -0.15) is 0 Å². The van der Waals surface area contributed by atoms with Crippen LogP contribution in [0.25, 0.3) is 0 Å². The molecular formula is C20H22FNO5S. The lowest BCUT2D eigenvalue weighted by Gasteiger charge is -2.31. The number of likely N-dealkylation sites (tertiary alicyclic amines) is 1. The predicted octanol–water partition coefficient (Wildman–Crippen LogP) is 2.68. The highest BCUT2D eigenvalue weighted by Crippen LogP contribution is 2.25. The van der Waals surface area contributed by atoms with Gasteiger partial charge in [0.05, 0.1) is 17.3 Å². The van der Waals surface area contributed by atoms with Crippen LogP contribution < -0.4 is 9.47 Å². The van der Waals surface area contributed by atoms with Crippen molar-refractivity contribution in [3.05, 3.63) is 54.3 Å². The smallest absolute Gasteiger partial charge is 0.260 e. The Kier molecular flexibility index (Phi) is 6.18. The van der Waals surface area contributed by atoms with Crippen LogP contribution in [0.5, 0.6) is 11.5 Å². The number of halogens is 1. The Morgan fingerprint density at radius 3 is 2.39 bits per heavy atom. The van der Waals surface area contributed by atoms with E-state index in [1.165, 1.54) is 12.1 Å². The van der Waals surface area contributed by atoms with E-state index < -0.39 is 20.9 Å². The summed E-state index contributed by atoms with van der Waals surface area (Å²) in [5.41, 5.74) is 0. The number of ether oxygens (including phenoxy) is 2. The lowest BCUT2D eigenvalue weighted by Crippen LogP contribution is -2.44. The van der Waals surface area contributed by atoms with E-state index in [4.69, 9.17) is 9.47 Å². The largest absolute Gasteiger partial charge is 0.497 e. The first-order valence-electron chi connectivity index (χ1n) is 8.94. The van der Waals surface area contributed by atoms with Crippen LogP contribution in [0.1, 0.15) is 12.8 Å². The number of nitrogens with zero attached hydrogens (tertiary/aromatic N) is 1. The fourth-order valence-corrected chi connectivity index (χ4v) is 4.89. The van der Waals surface area contributed by atoms with E-state index in [1.54, 1.807) is 36.3 Å². The van der Waals surface area contributed by atoms with Gasteiger partial charge in [0.2, 0.25) is 0 Å². The fourth-order valence-electron chi connectivity index (χ4n) is 3.16. The number of carbonyl (C=O) groups is 1. The summed E-state index contributed by atoms with van der Waals surface area (Å²) in [6.45, 7) is 0.555. The molecule has 0 N–H and O–H groups in total. The summed E-state index contributed by atoms with van der Waals surface area (Å²) in [4.78, 5) is 14.1. The molecular weight excluding hydrogens is 385 g/mol. The van der Waals surface area contributed by atoms with Crippen molar-refractivity contribution in [1.82, 2.24) is 4.90 Å². The minimum atomic E-state index is -3.54. The first-order valence-corrected chi connectivity index (χ1v) is 10.5. The van der Waals surface area contributed by atoms with Crippen LogP contribution in [0.3, 0.4) is 0 Å². The van der Waals surface area contributed by atoms with Gasteiger partial charge in [-0.05, 0) is 49.2 Å². The molecule has 0 atom stereocenters. The molecule has 150 valence electrons. The lowest BCUT2D eigenvalue weighted by atomic mass is 10.1. The molecule has 1 amide bonds. The highest BCUT2D eigenvalue weighted by Gasteiger charge is 2.32. The third kappa shape index (κ3) is 4.62. The topological polar surface area (TPSA) is 72.9 Å². The second-order valence-electron chi connectivity index (χ2n) is 6.55. The van der Waals surface area contributed by atoms with Crippen molar-refractivity contribution < 1.29 is 27.1 Å². The summed E-state index contributed by atoms with van der Waals surface area (Å²) in [5, 5.41) is -0.582. The SMILES string of the molecule is COc1cccc(OCC(=O)N2CCC(S(=O)(=O)c3ccc(F)cc3)CC2)c1. The minimum absolute atomic E-state index is 0.111. The molecule has 0 radical (unpaired) electrons. The van der Waals surface area contributed by atoms with Crippen LogP contribution in [0.2, 0.25) is 0 Å². The summed E-state index contributed by atoms with van der Waals surface area (Å²) in [5.74, 6) is 0.495. The Hall–Kier alpha value is -2.61. The van der Waals surface area contributed by atoms with Gasteiger partial charge in [0, 0.05) is 19.2 Å². The molecule has 1 fully saturated rings. The Bertz CT molecular complexity index is 922. The van der Waals surface area contributed by atoms with Gasteiger partial charge in [0.1, 0.15) is 17.3 Å². The number of benzene rings is 2. The number of sulfone groups is 1. The van der Waals surface area contributed by atoms with Gasteiger partial charge in [-0.25, -0.2) is 12.8 Å². The first-order chi connectivity index (χ1) is 13.4. The second kappa shape index (κ2) is 8.60. The van der Waals surface area contributed by atoms with E-state index in [2.05, 4.69) is 0 Å². The van der Waals surface area contributed by atoms with Gasteiger partial charge in [-0.3, -0.25) is 4.79 Å². The van der Waals surface area contributed by atoms with Crippen molar-refractivity contribution in [3.8, 4) is 11.5 Å². The molecule has 0 saturated carbocycles. The fraction of sp³-hybridized carbons (Fsp3) is 0.350. The van der Waals surface area contributed by atoms with E-state index in [9.17, 15) is 17.6 Å². The summed E-state index contributed by atoms with van der Waals surface area (Å²) in [6.07, 6.45) is 0.676. The third-order valence-electron chi connectivity index (χ3n) is 4.78. The average Bonchev–Trinajstić information content (AvgIpc) is 2.72. The molecule has 0 aliphatic carbocycles. The van der Waals surface area contributed by atoms with Gasteiger partial charge >= 0.3 is 0 Å². The lowest BCUT2D eigenvalue weighted by molar-refractivity contribution is -0.134. The molecule has 28 heavy (non-hydrogen) atoms. The Morgan fingerprint density at radius 2 is 1.75 bits per heavy atom. The third-order valence-corrected chi connectivity index (χ3v) is 7.06. The number of amides is 1. The van der Waals surface area contributed by atoms with Crippen molar-refractivity contribution in [2.45, 2.75) is 23.0 Å². The molecule has 6 nitrogen and oxygen atoms in total. The van der Waals surface area contributed by atoms with Crippen LogP contribution in [0, 0.1) is 5.82 Å². The zero-order valence-corrected chi connectivity index (χ0v) is 16.3. The minimum Gasteiger partial charge on any atom is -0.497 e. The first kappa shape index (κ1) is 20.1. The van der Waals surface area contributed by atoms with Crippen LogP contribution in [0.15, 0.2) is 53.4 Å². The van der Waals surface area contributed by atoms with Gasteiger partial charge in [-0.1, -0.05) is 6.07 Å². The van der Waals surface area contributed by atoms with Crippen LogP contribution in [-0.2, 0) is 14.6 Å². The molecule has 1 aliphatic heterocycles. The predicted molar refractivity (Wildman–Crippen MR) is 102 cm³/mol. The number of rotatable bonds is 6. The zero-order valence-electron chi connectivity index (χ0n) is 15.5. The summed E-state index contributed by atoms with van der Waals surface area (Å²) >= 11 is 0.